The van der Waals surface area contributed by atoms with Crippen LogP contribution in [0.5, 0.6) is 0 Å². The van der Waals surface area contributed by atoms with Crippen LogP contribution in [0.4, 0.5) is 0 Å². The Balaban J connectivity index is 1.92. The van der Waals surface area contributed by atoms with E-state index >= 15 is 0 Å². The number of hydrogen-bond donors (Lipinski definition) is 1. The minimum atomic E-state index is -0.115. The number of aryl methyl sites for hydroxylation is 1. The molecule has 3 rings (SSSR count). The molecule has 0 bridgehead atoms. The number of thiophene rings is 1. The highest BCUT2D eigenvalue weighted by Gasteiger charge is 2.18. The average molecular weight is 330 g/mol. The lowest BCUT2D eigenvalue weighted by molar-refractivity contribution is 0.892. The van der Waals surface area contributed by atoms with Gasteiger partial charge >= 0.3 is 0 Å². The number of thioether (sulfide) groups is 1. The van der Waals surface area contributed by atoms with Crippen LogP contribution in [-0.2, 0) is 12.2 Å². The molecule has 2 N–H and O–H groups in total. The van der Waals surface area contributed by atoms with Crippen molar-refractivity contribution in [3.63, 3.8) is 0 Å². The zero-order chi connectivity index (χ0) is 13.4. The van der Waals surface area contributed by atoms with Crippen molar-refractivity contribution in [2.45, 2.75) is 18.2 Å². The smallest absolute Gasteiger partial charge is 0.0646 e. The normalized spacial score (nSPS) is 16.2. The van der Waals surface area contributed by atoms with Crippen molar-refractivity contribution in [2.75, 3.05) is 5.75 Å². The minimum absolute atomic E-state index is 0.115. The van der Waals surface area contributed by atoms with E-state index in [9.17, 15) is 0 Å². The highest BCUT2D eigenvalue weighted by molar-refractivity contribution is 7.98. The maximum atomic E-state index is 6.35. The largest absolute Gasteiger partial charge is 0.320 e. The van der Waals surface area contributed by atoms with Gasteiger partial charge in [0.2, 0.25) is 0 Å². The van der Waals surface area contributed by atoms with Crippen molar-refractivity contribution < 1.29 is 0 Å². The molecule has 0 fully saturated rings. The van der Waals surface area contributed by atoms with Crippen LogP contribution in [0.3, 0.4) is 0 Å². The molecule has 1 nitrogen and oxygen atoms in total. The lowest BCUT2D eigenvalue weighted by atomic mass is 10.1. The molecule has 19 heavy (non-hydrogen) atoms. The van der Waals surface area contributed by atoms with Crippen LogP contribution in [0.15, 0.2) is 24.3 Å². The summed E-state index contributed by atoms with van der Waals surface area (Å²) in [6, 6.07) is 7.76. The van der Waals surface area contributed by atoms with Crippen LogP contribution in [0, 0.1) is 0 Å². The van der Waals surface area contributed by atoms with Gasteiger partial charge in [0.05, 0.1) is 16.1 Å². The second kappa shape index (κ2) is 5.66. The summed E-state index contributed by atoms with van der Waals surface area (Å²) in [4.78, 5) is 2.70. The van der Waals surface area contributed by atoms with Gasteiger partial charge in [-0.05, 0) is 41.5 Å². The molecule has 0 spiro atoms. The van der Waals surface area contributed by atoms with Gasteiger partial charge < -0.3 is 5.73 Å². The second-order valence-corrected chi connectivity index (χ2v) is 7.64. The van der Waals surface area contributed by atoms with Gasteiger partial charge in [0.1, 0.15) is 0 Å². The van der Waals surface area contributed by atoms with Gasteiger partial charge in [-0.25, -0.2) is 0 Å². The first-order chi connectivity index (χ1) is 9.15. The number of nitrogens with two attached hydrogens (primary N) is 1. The van der Waals surface area contributed by atoms with Crippen LogP contribution in [-0.4, -0.2) is 5.75 Å². The van der Waals surface area contributed by atoms with Gasteiger partial charge in [-0.3, -0.25) is 0 Å². The molecular weight excluding hydrogens is 317 g/mol. The molecule has 1 unspecified atom stereocenters. The van der Waals surface area contributed by atoms with Crippen molar-refractivity contribution in [3.8, 4) is 0 Å². The minimum Gasteiger partial charge on any atom is -0.320 e. The highest BCUT2D eigenvalue weighted by Crippen LogP contribution is 2.36. The first kappa shape index (κ1) is 13.8. The Morgan fingerprint density at radius 1 is 1.16 bits per heavy atom. The molecule has 2 heterocycles. The van der Waals surface area contributed by atoms with Crippen molar-refractivity contribution >= 4 is 46.3 Å². The van der Waals surface area contributed by atoms with E-state index in [1.54, 1.807) is 0 Å². The maximum Gasteiger partial charge on any atom is 0.0646 e. The molecule has 1 aliphatic rings. The molecule has 0 radical (unpaired) electrons. The van der Waals surface area contributed by atoms with E-state index in [1.165, 1.54) is 27.5 Å². The Morgan fingerprint density at radius 2 is 2.00 bits per heavy atom. The van der Waals surface area contributed by atoms with E-state index in [1.807, 2.05) is 41.3 Å². The molecule has 100 valence electrons. The molecule has 5 heteroatoms. The summed E-state index contributed by atoms with van der Waals surface area (Å²) in [7, 11) is 0. The van der Waals surface area contributed by atoms with E-state index in [2.05, 4.69) is 6.07 Å². The van der Waals surface area contributed by atoms with Crippen molar-refractivity contribution in [1.29, 1.82) is 0 Å². The first-order valence-corrected chi connectivity index (χ1v) is 8.77. The monoisotopic (exact) mass is 329 g/mol. The van der Waals surface area contributed by atoms with Crippen LogP contribution in [0.1, 0.15) is 26.9 Å². The van der Waals surface area contributed by atoms with E-state index < -0.39 is 0 Å². The Morgan fingerprint density at radius 3 is 2.74 bits per heavy atom. The number of halogens is 2. The number of hydrogen-bond acceptors (Lipinski definition) is 3. The van der Waals surface area contributed by atoms with Gasteiger partial charge in [0.25, 0.3) is 0 Å². The third kappa shape index (κ3) is 2.81. The van der Waals surface area contributed by atoms with Crippen molar-refractivity contribution in [2.24, 2.45) is 5.73 Å². The zero-order valence-electron chi connectivity index (χ0n) is 10.2. The van der Waals surface area contributed by atoms with E-state index in [0.717, 1.165) is 11.3 Å². The predicted octanol–water partition coefficient (Wildman–Crippen LogP) is 4.89. The summed E-state index contributed by atoms with van der Waals surface area (Å²) in [6.45, 7) is 0. The summed E-state index contributed by atoms with van der Waals surface area (Å²) >= 11 is 15.8. The Bertz CT molecular complexity index is 586. The van der Waals surface area contributed by atoms with E-state index in [0.29, 0.717) is 10.0 Å². The summed E-state index contributed by atoms with van der Waals surface area (Å²) in [5.74, 6) is 2.33. The SMILES string of the molecule is NC(c1ccc(Cl)c(Cl)c1)c1cc2c(s1)CCSC2. The van der Waals surface area contributed by atoms with Gasteiger partial charge in [0.15, 0.2) is 0 Å². The van der Waals surface area contributed by atoms with Crippen LogP contribution in [0.2, 0.25) is 10.0 Å². The first-order valence-electron chi connectivity index (χ1n) is 6.05. The topological polar surface area (TPSA) is 26.0 Å². The van der Waals surface area contributed by atoms with Crippen LogP contribution in [0.25, 0.3) is 0 Å². The summed E-state index contributed by atoms with van der Waals surface area (Å²) in [5, 5.41) is 1.13. The number of fused-ring (bicyclic) bond motifs is 1. The fourth-order valence-electron chi connectivity index (χ4n) is 2.19. The van der Waals surface area contributed by atoms with E-state index in [4.69, 9.17) is 28.9 Å². The van der Waals surface area contributed by atoms with E-state index in [-0.39, 0.29) is 6.04 Å². The lowest BCUT2D eigenvalue weighted by Crippen LogP contribution is -2.10. The Labute approximate surface area is 131 Å². The summed E-state index contributed by atoms with van der Waals surface area (Å²) in [6.07, 6.45) is 1.17. The third-order valence-electron chi connectivity index (χ3n) is 3.26. The zero-order valence-corrected chi connectivity index (χ0v) is 13.3. The Hall–Kier alpha value is -0.190. The number of rotatable bonds is 2. The molecule has 0 aliphatic carbocycles. The second-order valence-electron chi connectivity index (χ2n) is 4.55. The van der Waals surface area contributed by atoms with Gasteiger partial charge in [-0.1, -0.05) is 29.3 Å². The van der Waals surface area contributed by atoms with Crippen LogP contribution < -0.4 is 5.73 Å². The Kier molecular flexibility index (Phi) is 4.11. The third-order valence-corrected chi connectivity index (χ3v) is 6.32. The van der Waals surface area contributed by atoms with Gasteiger partial charge in [-0.2, -0.15) is 11.8 Å². The predicted molar refractivity (Wildman–Crippen MR) is 86.7 cm³/mol. The molecule has 2 aromatic rings. The molecule has 1 atom stereocenters. The molecule has 0 amide bonds. The summed E-state index contributed by atoms with van der Waals surface area (Å²) in [5.41, 5.74) is 8.81. The van der Waals surface area contributed by atoms with Crippen LogP contribution >= 0.6 is 46.3 Å². The summed E-state index contributed by atoms with van der Waals surface area (Å²) < 4.78 is 0. The molecule has 1 aromatic carbocycles. The fourth-order valence-corrected chi connectivity index (χ4v) is 4.91. The molecule has 0 saturated carbocycles. The maximum absolute atomic E-state index is 6.35. The van der Waals surface area contributed by atoms with Crippen molar-refractivity contribution in [3.05, 3.63) is 55.2 Å². The molecule has 1 aromatic heterocycles. The van der Waals surface area contributed by atoms with Gasteiger partial charge in [-0.15, -0.1) is 11.3 Å². The van der Waals surface area contributed by atoms with Crippen molar-refractivity contribution in [1.82, 2.24) is 0 Å². The molecular formula is C14H13Cl2NS2. The van der Waals surface area contributed by atoms with Gasteiger partial charge in [0, 0.05) is 15.5 Å². The lowest BCUT2D eigenvalue weighted by Gasteiger charge is -2.10. The molecule has 1 aliphatic heterocycles. The average Bonchev–Trinajstić information content (AvgIpc) is 2.85. The number of benzene rings is 1. The quantitative estimate of drug-likeness (QED) is 0.848. The standard InChI is InChI=1S/C14H13Cl2NS2/c15-10-2-1-8(5-11(10)16)14(17)13-6-9-7-18-4-3-12(9)19-13/h1-2,5-6,14H,3-4,7,17H2. The molecule has 0 saturated heterocycles. The fraction of sp³-hybridized carbons (Fsp3) is 0.286. The highest BCUT2D eigenvalue weighted by atomic mass is 35.5.